The van der Waals surface area contributed by atoms with Crippen LogP contribution in [0.1, 0.15) is 65.2 Å². The number of hydrogen-bond donors (Lipinski definition) is 1. The first-order chi connectivity index (χ1) is 11.0. The molecule has 2 rings (SSSR count). The summed E-state index contributed by atoms with van der Waals surface area (Å²) in [5.41, 5.74) is 3.14. The van der Waals surface area contributed by atoms with Gasteiger partial charge in [-0.15, -0.1) is 0 Å². The Labute approximate surface area is 147 Å². The van der Waals surface area contributed by atoms with E-state index in [4.69, 9.17) is 0 Å². The summed E-state index contributed by atoms with van der Waals surface area (Å²) in [6, 6.07) is 19.0. The van der Waals surface area contributed by atoms with E-state index in [2.05, 4.69) is 84.9 Å². The zero-order chi connectivity index (χ0) is 18.2. The average molecular weight is 325 g/mol. The van der Waals surface area contributed by atoms with Crippen LogP contribution in [0.3, 0.4) is 0 Å². The van der Waals surface area contributed by atoms with Crippen LogP contribution in [0.25, 0.3) is 0 Å². The minimum Gasteiger partial charge on any atom is -0.391 e. The number of aliphatic hydroxyl groups is 1. The largest absolute Gasteiger partial charge is 0.391 e. The molecule has 0 fully saturated rings. The molecular weight excluding hydrogens is 292 g/mol. The Bertz CT molecular complexity index is 657. The van der Waals surface area contributed by atoms with Crippen molar-refractivity contribution in [2.45, 2.75) is 70.8 Å². The molecule has 0 aliphatic carbocycles. The Balaban J connectivity index is 2.35. The Morgan fingerprint density at radius 2 is 0.958 bits per heavy atom. The predicted molar refractivity (Wildman–Crippen MR) is 104 cm³/mol. The molecule has 24 heavy (non-hydrogen) atoms. The van der Waals surface area contributed by atoms with Crippen molar-refractivity contribution in [2.24, 2.45) is 0 Å². The molecule has 0 bridgehead atoms. The van der Waals surface area contributed by atoms with Crippen LogP contribution in [-0.4, -0.2) is 11.2 Å². The van der Waals surface area contributed by atoms with Crippen LogP contribution in [-0.2, 0) is 16.2 Å². The summed E-state index contributed by atoms with van der Waals surface area (Å²) in [7, 11) is 0. The quantitative estimate of drug-likeness (QED) is 0.776. The van der Waals surface area contributed by atoms with Crippen molar-refractivity contribution in [1.82, 2.24) is 0 Å². The summed E-state index contributed by atoms with van der Waals surface area (Å²) >= 11 is 0. The molecule has 0 saturated carbocycles. The maximum atomic E-state index is 11.2. The Morgan fingerprint density at radius 1 is 0.583 bits per heavy atom. The minimum atomic E-state index is -0.493. The number of rotatable bonds is 4. The minimum absolute atomic E-state index is 0.143. The van der Waals surface area contributed by atoms with Crippen LogP contribution in [0.5, 0.6) is 0 Å². The lowest BCUT2D eigenvalue weighted by molar-refractivity contribution is 0.0363. The molecule has 0 radical (unpaired) electrons. The first-order valence-electron chi connectivity index (χ1n) is 8.82. The molecule has 0 saturated heterocycles. The highest BCUT2D eigenvalue weighted by Gasteiger charge is 2.41. The van der Waals surface area contributed by atoms with Gasteiger partial charge in [0.2, 0.25) is 0 Å². The second kappa shape index (κ2) is 6.37. The molecule has 1 heteroatoms. The first kappa shape index (κ1) is 18.7. The molecule has 2 aromatic carbocycles. The summed E-state index contributed by atoms with van der Waals surface area (Å²) in [5.74, 6) is 0. The topological polar surface area (TPSA) is 20.2 Å². The normalized spacial score (nSPS) is 14.5. The third-order valence-electron chi connectivity index (χ3n) is 5.38. The van der Waals surface area contributed by atoms with E-state index in [1.165, 1.54) is 11.1 Å². The van der Waals surface area contributed by atoms with Gasteiger partial charge in [0.25, 0.3) is 0 Å². The summed E-state index contributed by atoms with van der Waals surface area (Å²) in [5, 5.41) is 11.2. The fourth-order valence-corrected chi connectivity index (χ4v) is 3.49. The van der Waals surface area contributed by atoms with Gasteiger partial charge in [0.05, 0.1) is 6.10 Å². The fraction of sp³-hybridized carbons (Fsp3) is 0.478. The molecule has 1 N–H and O–H groups in total. The molecule has 0 amide bonds. The Kier molecular flexibility index (Phi) is 4.97. The van der Waals surface area contributed by atoms with Crippen molar-refractivity contribution in [3.05, 3.63) is 71.3 Å². The highest BCUT2D eigenvalue weighted by molar-refractivity contribution is 5.35. The summed E-state index contributed by atoms with van der Waals surface area (Å²) in [4.78, 5) is 0. The standard InChI is InChI=1S/C23H32O/c1-21(2,3)17-13-15-19(16-14-17)23(6,7)20(24)22(4,5)18-11-9-8-10-12-18/h8-16,20,24H,1-7H3. The van der Waals surface area contributed by atoms with Crippen LogP contribution in [0.2, 0.25) is 0 Å². The smallest absolute Gasteiger partial charge is 0.0722 e. The zero-order valence-corrected chi connectivity index (χ0v) is 16.2. The van der Waals surface area contributed by atoms with Crippen LogP contribution in [0.15, 0.2) is 54.6 Å². The monoisotopic (exact) mass is 324 g/mol. The van der Waals surface area contributed by atoms with Crippen molar-refractivity contribution >= 4 is 0 Å². The van der Waals surface area contributed by atoms with Crippen molar-refractivity contribution in [1.29, 1.82) is 0 Å². The number of aliphatic hydroxyl groups excluding tert-OH is 1. The maximum Gasteiger partial charge on any atom is 0.0722 e. The molecule has 1 nitrogen and oxygen atoms in total. The SMILES string of the molecule is CC(C)(C)c1ccc(C(C)(C)C(O)C(C)(C)c2ccccc2)cc1. The lowest BCUT2D eigenvalue weighted by Gasteiger charge is -2.42. The lowest BCUT2D eigenvalue weighted by Crippen LogP contribution is -2.47. The van der Waals surface area contributed by atoms with Crippen LogP contribution in [0, 0.1) is 0 Å². The average Bonchev–Trinajstić information content (AvgIpc) is 2.54. The third kappa shape index (κ3) is 3.57. The molecule has 0 aromatic heterocycles. The van der Waals surface area contributed by atoms with Crippen LogP contribution >= 0.6 is 0 Å². The van der Waals surface area contributed by atoms with Crippen molar-refractivity contribution in [2.75, 3.05) is 0 Å². The molecule has 0 spiro atoms. The first-order valence-corrected chi connectivity index (χ1v) is 8.82. The highest BCUT2D eigenvalue weighted by Crippen LogP contribution is 2.39. The summed E-state index contributed by atoms with van der Waals surface area (Å²) in [6.45, 7) is 15.2. The van der Waals surface area contributed by atoms with Gasteiger partial charge in [-0.25, -0.2) is 0 Å². The van der Waals surface area contributed by atoms with Gasteiger partial charge < -0.3 is 5.11 Å². The van der Waals surface area contributed by atoms with Gasteiger partial charge in [0.15, 0.2) is 0 Å². The molecule has 2 aromatic rings. The van der Waals surface area contributed by atoms with Crippen LogP contribution < -0.4 is 0 Å². The Hall–Kier alpha value is -1.60. The van der Waals surface area contributed by atoms with Gasteiger partial charge >= 0.3 is 0 Å². The van der Waals surface area contributed by atoms with Gasteiger partial charge in [-0.3, -0.25) is 0 Å². The molecule has 1 atom stereocenters. The number of benzene rings is 2. The van der Waals surface area contributed by atoms with E-state index < -0.39 is 6.10 Å². The second-order valence-electron chi connectivity index (χ2n) is 9.04. The van der Waals surface area contributed by atoms with Crippen molar-refractivity contribution in [3.8, 4) is 0 Å². The molecular formula is C23H32O. The van der Waals surface area contributed by atoms with Crippen LogP contribution in [0.4, 0.5) is 0 Å². The van der Waals surface area contributed by atoms with Gasteiger partial charge in [0, 0.05) is 10.8 Å². The van der Waals surface area contributed by atoms with Gasteiger partial charge in [0.1, 0.15) is 0 Å². The van der Waals surface area contributed by atoms with E-state index in [-0.39, 0.29) is 16.2 Å². The van der Waals surface area contributed by atoms with Gasteiger partial charge in [-0.1, -0.05) is 103 Å². The van der Waals surface area contributed by atoms with Gasteiger partial charge in [-0.05, 0) is 22.1 Å². The van der Waals surface area contributed by atoms with Crippen molar-refractivity contribution in [3.63, 3.8) is 0 Å². The molecule has 0 aliphatic rings. The van der Waals surface area contributed by atoms with E-state index in [9.17, 15) is 5.11 Å². The highest BCUT2D eigenvalue weighted by atomic mass is 16.3. The third-order valence-corrected chi connectivity index (χ3v) is 5.38. The van der Waals surface area contributed by atoms with E-state index in [0.29, 0.717) is 0 Å². The molecule has 0 aliphatic heterocycles. The maximum absolute atomic E-state index is 11.2. The van der Waals surface area contributed by atoms with E-state index in [0.717, 1.165) is 5.56 Å². The number of hydrogen-bond acceptors (Lipinski definition) is 1. The van der Waals surface area contributed by atoms with E-state index in [1.54, 1.807) is 0 Å². The summed E-state index contributed by atoms with van der Waals surface area (Å²) in [6.07, 6.45) is -0.493. The Morgan fingerprint density at radius 3 is 1.38 bits per heavy atom. The second-order valence-corrected chi connectivity index (χ2v) is 9.04. The van der Waals surface area contributed by atoms with Gasteiger partial charge in [-0.2, -0.15) is 0 Å². The molecule has 130 valence electrons. The van der Waals surface area contributed by atoms with E-state index >= 15 is 0 Å². The summed E-state index contributed by atoms with van der Waals surface area (Å²) < 4.78 is 0. The van der Waals surface area contributed by atoms with E-state index in [1.807, 2.05) is 18.2 Å². The van der Waals surface area contributed by atoms with Crippen molar-refractivity contribution < 1.29 is 5.11 Å². The molecule has 1 unspecified atom stereocenters. The predicted octanol–water partition coefficient (Wildman–Crippen LogP) is 5.60. The lowest BCUT2D eigenvalue weighted by atomic mass is 9.66. The zero-order valence-electron chi connectivity index (χ0n) is 16.2. The molecule has 0 heterocycles. The fourth-order valence-electron chi connectivity index (χ4n) is 3.49.